The number of alkyl halides is 3. The Morgan fingerprint density at radius 3 is 2.33 bits per heavy atom. The number of halogens is 3. The molecule has 0 unspecified atom stereocenters. The van der Waals surface area contributed by atoms with Gasteiger partial charge in [0, 0.05) is 81.3 Å². The van der Waals surface area contributed by atoms with Crippen LogP contribution in [0.15, 0.2) is 82.7 Å². The Balaban J connectivity index is 1.49. The summed E-state index contributed by atoms with van der Waals surface area (Å²) in [5.41, 5.74) is 1.000. The summed E-state index contributed by atoms with van der Waals surface area (Å²) in [5, 5.41) is 16.4. The molecule has 1 fully saturated rings. The summed E-state index contributed by atoms with van der Waals surface area (Å²) in [6.07, 6.45) is 1.98. The van der Waals surface area contributed by atoms with Crippen molar-refractivity contribution in [2.45, 2.75) is 38.9 Å². The van der Waals surface area contributed by atoms with E-state index in [4.69, 9.17) is 10.1 Å². The van der Waals surface area contributed by atoms with E-state index in [1.165, 1.54) is 37.5 Å². The molecule has 2 aromatic carbocycles. The van der Waals surface area contributed by atoms with Crippen LogP contribution in [0.4, 0.5) is 24.5 Å². The number of rotatable bonds is 9. The highest BCUT2D eigenvalue weighted by Gasteiger charge is 2.36. The molecule has 0 radical (unpaired) electrons. The number of amides is 2. The van der Waals surface area contributed by atoms with Gasteiger partial charge in [-0.05, 0) is 67.8 Å². The fourth-order valence-corrected chi connectivity index (χ4v) is 5.16. The molecular weight excluding hydrogens is 625 g/mol. The lowest BCUT2D eigenvalue weighted by Crippen LogP contribution is -2.44. The first-order chi connectivity index (χ1) is 22.9. The van der Waals surface area contributed by atoms with Crippen LogP contribution >= 0.6 is 0 Å². The number of nitrogens with zero attached hydrogens (tertiary/aromatic N) is 4. The number of pyridine rings is 1. The molecule has 0 aliphatic carbocycles. The summed E-state index contributed by atoms with van der Waals surface area (Å²) in [5.74, 6) is 0.288. The first-order valence-electron chi connectivity index (χ1n) is 15.1. The number of hydrogen-bond acceptors (Lipinski definition) is 8. The van der Waals surface area contributed by atoms with Crippen molar-refractivity contribution in [1.29, 1.82) is 5.41 Å². The Morgan fingerprint density at radius 2 is 1.73 bits per heavy atom. The zero-order chi connectivity index (χ0) is 34.8. The lowest BCUT2D eigenvalue weighted by atomic mass is 10.0. The van der Waals surface area contributed by atoms with E-state index in [0.717, 1.165) is 17.8 Å². The third-order valence-corrected chi connectivity index (χ3v) is 7.63. The minimum Gasteiger partial charge on any atom is -0.464 e. The average molecular weight is 663 g/mol. The van der Waals surface area contributed by atoms with Crippen molar-refractivity contribution < 1.29 is 27.5 Å². The Bertz CT molecular complexity index is 1730. The minimum atomic E-state index is -4.66. The second kappa shape index (κ2) is 15.8. The lowest BCUT2D eigenvalue weighted by Gasteiger charge is -2.35. The van der Waals surface area contributed by atoms with Gasteiger partial charge in [-0.3, -0.25) is 24.6 Å². The summed E-state index contributed by atoms with van der Waals surface area (Å²) < 4.78 is 48.4. The Hall–Kier alpha value is -5.53. The molecule has 4 rings (SSSR count). The number of amidine groups is 2. The highest BCUT2D eigenvalue weighted by atomic mass is 19.4. The van der Waals surface area contributed by atoms with Crippen LogP contribution in [0.3, 0.4) is 0 Å². The van der Waals surface area contributed by atoms with Crippen LogP contribution < -0.4 is 25.6 Å². The van der Waals surface area contributed by atoms with E-state index in [0.29, 0.717) is 48.9 Å². The molecule has 4 N–H and O–H groups in total. The highest BCUT2D eigenvalue weighted by Crippen LogP contribution is 2.39. The molecule has 2 amide bonds. The number of aromatic nitrogens is 1. The van der Waals surface area contributed by atoms with Gasteiger partial charge in [-0.1, -0.05) is 6.07 Å². The van der Waals surface area contributed by atoms with Gasteiger partial charge in [0.25, 0.3) is 5.91 Å². The van der Waals surface area contributed by atoms with Crippen molar-refractivity contribution in [2.75, 3.05) is 37.4 Å². The Kier molecular flexibility index (Phi) is 11.7. The molecule has 3 aromatic rings. The van der Waals surface area contributed by atoms with E-state index in [9.17, 15) is 22.8 Å². The number of anilines is 2. The van der Waals surface area contributed by atoms with E-state index in [1.807, 2.05) is 0 Å². The van der Waals surface area contributed by atoms with Gasteiger partial charge in [-0.25, -0.2) is 0 Å². The molecule has 14 heteroatoms. The normalized spacial score (nSPS) is 14.7. The van der Waals surface area contributed by atoms with Crippen LogP contribution in [-0.2, 0) is 11.0 Å². The monoisotopic (exact) mass is 662 g/mol. The van der Waals surface area contributed by atoms with E-state index < -0.39 is 17.6 Å². The molecule has 1 saturated heterocycles. The van der Waals surface area contributed by atoms with Crippen LogP contribution in [-0.4, -0.2) is 67.9 Å². The fraction of sp³-hybridized carbons (Fsp3) is 0.294. The molecular formula is C34H37F3N8O3. The van der Waals surface area contributed by atoms with E-state index in [-0.39, 0.29) is 34.5 Å². The van der Waals surface area contributed by atoms with Crippen molar-refractivity contribution in [2.24, 2.45) is 9.98 Å². The molecule has 252 valence electrons. The number of aliphatic imine (C=N–C) groups is 2. The molecule has 0 bridgehead atoms. The number of nitrogens with one attached hydrogen (secondary N) is 4. The molecule has 0 spiro atoms. The third-order valence-electron chi connectivity index (χ3n) is 7.63. The topological polar surface area (TPSA) is 144 Å². The molecule has 0 saturated carbocycles. The highest BCUT2D eigenvalue weighted by molar-refractivity contribution is 6.21. The minimum absolute atomic E-state index is 0.0177. The average Bonchev–Trinajstić information content (AvgIpc) is 3.07. The van der Waals surface area contributed by atoms with E-state index >= 15 is 0 Å². The third kappa shape index (κ3) is 9.05. The van der Waals surface area contributed by atoms with Crippen molar-refractivity contribution in [3.63, 3.8) is 0 Å². The summed E-state index contributed by atoms with van der Waals surface area (Å²) in [6.45, 7) is 3.87. The van der Waals surface area contributed by atoms with E-state index in [2.05, 4.69) is 30.9 Å². The predicted octanol–water partition coefficient (Wildman–Crippen LogP) is 5.37. The number of hydrogen-bond donors (Lipinski definition) is 4. The largest absolute Gasteiger partial charge is 0.464 e. The second-order valence-corrected chi connectivity index (χ2v) is 11.0. The number of carbonyl (C=O) groups excluding carboxylic acids is 2. The van der Waals surface area contributed by atoms with Crippen molar-refractivity contribution >= 4 is 41.1 Å². The quantitative estimate of drug-likeness (QED) is 0.138. The van der Waals surface area contributed by atoms with Gasteiger partial charge in [0.2, 0.25) is 5.91 Å². The number of piperidine rings is 1. The lowest BCUT2D eigenvalue weighted by molar-refractivity contribution is -0.137. The zero-order valence-corrected chi connectivity index (χ0v) is 27.0. The van der Waals surface area contributed by atoms with Crippen molar-refractivity contribution in [3.8, 4) is 5.75 Å². The molecule has 1 aromatic heterocycles. The summed E-state index contributed by atoms with van der Waals surface area (Å²) in [7, 11) is 3.15. The summed E-state index contributed by atoms with van der Waals surface area (Å²) >= 11 is 0. The van der Waals surface area contributed by atoms with Gasteiger partial charge in [-0.2, -0.15) is 13.2 Å². The van der Waals surface area contributed by atoms with Gasteiger partial charge in [-0.15, -0.1) is 0 Å². The SMILES string of the molecule is CN=C(NC(=NC)c1ccncc1)/C(C=N)=C/Oc1cc(C(=O)Nc2ccc(N3CCC(NC(C)=O)CC3)c(C(F)(F)F)c2)ccc1C. The summed E-state index contributed by atoms with van der Waals surface area (Å²) in [4.78, 5) is 38.7. The summed E-state index contributed by atoms with van der Waals surface area (Å²) in [6, 6.07) is 11.8. The first-order valence-corrected chi connectivity index (χ1v) is 15.1. The van der Waals surface area contributed by atoms with Crippen LogP contribution in [0, 0.1) is 12.3 Å². The molecule has 1 aliphatic rings. The van der Waals surface area contributed by atoms with Gasteiger partial charge >= 0.3 is 6.18 Å². The van der Waals surface area contributed by atoms with Crippen LogP contribution in [0.5, 0.6) is 5.75 Å². The number of aryl methyl sites for hydroxylation is 1. The van der Waals surface area contributed by atoms with Gasteiger partial charge in [0.15, 0.2) is 0 Å². The second-order valence-electron chi connectivity index (χ2n) is 11.0. The van der Waals surface area contributed by atoms with Gasteiger partial charge in [0.05, 0.1) is 11.1 Å². The van der Waals surface area contributed by atoms with Crippen LogP contribution in [0.1, 0.15) is 46.8 Å². The Morgan fingerprint density at radius 1 is 1.02 bits per heavy atom. The zero-order valence-electron chi connectivity index (χ0n) is 27.0. The van der Waals surface area contributed by atoms with Crippen LogP contribution in [0.2, 0.25) is 0 Å². The molecule has 1 aliphatic heterocycles. The fourth-order valence-electron chi connectivity index (χ4n) is 5.16. The smallest absolute Gasteiger partial charge is 0.418 e. The molecule has 2 heterocycles. The van der Waals surface area contributed by atoms with Crippen LogP contribution in [0.25, 0.3) is 0 Å². The first kappa shape index (κ1) is 35.3. The maximum absolute atomic E-state index is 14.2. The Labute approximate surface area is 276 Å². The number of carbonyl (C=O) groups is 2. The number of ether oxygens (including phenoxy) is 1. The van der Waals surface area contributed by atoms with Crippen molar-refractivity contribution in [1.82, 2.24) is 15.6 Å². The van der Waals surface area contributed by atoms with E-state index in [1.54, 1.807) is 56.5 Å². The molecule has 48 heavy (non-hydrogen) atoms. The predicted molar refractivity (Wildman–Crippen MR) is 180 cm³/mol. The van der Waals surface area contributed by atoms with Gasteiger partial charge in [0.1, 0.15) is 23.7 Å². The van der Waals surface area contributed by atoms with Crippen molar-refractivity contribution in [3.05, 3.63) is 95.0 Å². The molecule has 0 atom stereocenters. The van der Waals surface area contributed by atoms with Gasteiger partial charge < -0.3 is 31.0 Å². The standard InChI is InChI=1S/C34H37F3N8O3/c1-21-5-6-24(17-30(21)48-20-25(19-38)32(40-4)44-31(39-3)23-9-13-41-14-10-23)33(47)43-27-7-8-29(28(18-27)34(35,36)37)45-15-11-26(12-16-45)42-22(2)46/h5-10,13-14,17-20,26,38H,11-12,15-16H2,1-4H3,(H,42,46)(H,43,47)(H,39,40,44)/b25-20+,38-19?. The number of benzene rings is 2. The maximum atomic E-state index is 14.2. The maximum Gasteiger partial charge on any atom is 0.418 e. The molecule has 11 nitrogen and oxygen atoms in total.